The smallest absolute Gasteiger partial charge is 0.274 e. The number of carbonyl (C=O) groups excluding carboxylic acids is 1. The largest absolute Gasteiger partial charge is 0.493 e. The van der Waals surface area contributed by atoms with Gasteiger partial charge in [-0.05, 0) is 29.1 Å². The van der Waals surface area contributed by atoms with Gasteiger partial charge in [-0.3, -0.25) is 4.79 Å². The Balaban J connectivity index is 1.76. The van der Waals surface area contributed by atoms with Gasteiger partial charge in [0.1, 0.15) is 0 Å². The van der Waals surface area contributed by atoms with Crippen LogP contribution in [0.3, 0.4) is 0 Å². The fourth-order valence-electron chi connectivity index (χ4n) is 3.56. The third kappa shape index (κ3) is 3.64. The summed E-state index contributed by atoms with van der Waals surface area (Å²) in [6, 6.07) is 17.1. The highest BCUT2D eigenvalue weighted by Gasteiger charge is 2.34. The molecule has 0 aliphatic carbocycles. The Morgan fingerprint density at radius 3 is 2.27 bits per heavy atom. The van der Waals surface area contributed by atoms with Gasteiger partial charge in [-0.25, -0.2) is 5.01 Å². The predicted octanol–water partition coefficient (Wildman–Crippen LogP) is 4.77. The van der Waals surface area contributed by atoms with Crippen LogP contribution in [0.25, 0.3) is 0 Å². The molecule has 1 atom stereocenters. The number of benzene rings is 2. The van der Waals surface area contributed by atoms with Gasteiger partial charge in [0.25, 0.3) is 5.91 Å². The molecule has 0 spiro atoms. The number of thiophene rings is 1. The molecule has 0 fully saturated rings. The summed E-state index contributed by atoms with van der Waals surface area (Å²) in [7, 11) is 4.59. The molecule has 1 aromatic heterocycles. The maximum absolute atomic E-state index is 13.6. The van der Waals surface area contributed by atoms with E-state index in [0.29, 0.717) is 29.2 Å². The molecule has 0 radical (unpaired) electrons. The summed E-state index contributed by atoms with van der Waals surface area (Å²) in [5.74, 6) is 1.08. The van der Waals surface area contributed by atoms with Gasteiger partial charge in [-0.1, -0.05) is 36.4 Å². The molecule has 6 nitrogen and oxygen atoms in total. The van der Waals surface area contributed by atoms with Crippen molar-refractivity contribution in [3.8, 4) is 17.2 Å². The zero-order valence-electron chi connectivity index (χ0n) is 17.0. The minimum atomic E-state index is -0.227. The fraction of sp³-hybridized carbons (Fsp3) is 0.217. The van der Waals surface area contributed by atoms with E-state index in [9.17, 15) is 4.79 Å². The van der Waals surface area contributed by atoms with Gasteiger partial charge in [0.2, 0.25) is 5.75 Å². The number of carbonyl (C=O) groups is 1. The van der Waals surface area contributed by atoms with Gasteiger partial charge < -0.3 is 14.2 Å². The highest BCUT2D eigenvalue weighted by atomic mass is 32.1. The first kappa shape index (κ1) is 20.0. The van der Waals surface area contributed by atoms with Crippen molar-refractivity contribution in [3.63, 3.8) is 0 Å². The lowest BCUT2D eigenvalue weighted by Gasteiger charge is -2.23. The van der Waals surface area contributed by atoms with Gasteiger partial charge in [0.15, 0.2) is 11.5 Å². The van der Waals surface area contributed by atoms with Crippen molar-refractivity contribution in [1.29, 1.82) is 0 Å². The van der Waals surface area contributed by atoms with Crippen molar-refractivity contribution in [2.24, 2.45) is 5.10 Å². The Kier molecular flexibility index (Phi) is 5.72. The second kappa shape index (κ2) is 8.59. The van der Waals surface area contributed by atoms with Crippen LogP contribution >= 0.6 is 11.3 Å². The first-order valence-corrected chi connectivity index (χ1v) is 10.3. The maximum Gasteiger partial charge on any atom is 0.274 e. The van der Waals surface area contributed by atoms with Gasteiger partial charge >= 0.3 is 0 Å². The quantitative estimate of drug-likeness (QED) is 0.574. The number of hydrogen-bond acceptors (Lipinski definition) is 6. The molecule has 1 aliphatic heterocycles. The maximum atomic E-state index is 13.6. The first-order valence-electron chi connectivity index (χ1n) is 9.46. The van der Waals surface area contributed by atoms with E-state index in [2.05, 4.69) is 0 Å². The highest BCUT2D eigenvalue weighted by Crippen LogP contribution is 2.40. The molecule has 2 heterocycles. The Morgan fingerprint density at radius 1 is 1.00 bits per heavy atom. The van der Waals surface area contributed by atoms with Crippen LogP contribution in [-0.4, -0.2) is 38.0 Å². The van der Waals surface area contributed by atoms with E-state index in [1.165, 1.54) is 21.3 Å². The highest BCUT2D eigenvalue weighted by molar-refractivity contribution is 7.12. The normalized spacial score (nSPS) is 15.6. The van der Waals surface area contributed by atoms with E-state index in [4.69, 9.17) is 19.3 Å². The number of hydrazone groups is 1. The average Bonchev–Trinajstić information content (AvgIpc) is 3.48. The predicted molar refractivity (Wildman–Crippen MR) is 117 cm³/mol. The number of amides is 1. The molecule has 2 aromatic carbocycles. The molecule has 4 rings (SSSR count). The Hall–Kier alpha value is -3.32. The molecule has 1 unspecified atom stereocenters. The van der Waals surface area contributed by atoms with E-state index < -0.39 is 0 Å². The van der Waals surface area contributed by atoms with Crippen LogP contribution in [-0.2, 0) is 0 Å². The van der Waals surface area contributed by atoms with E-state index in [1.54, 1.807) is 28.5 Å². The number of methoxy groups -OCH3 is 3. The number of ether oxygens (including phenoxy) is 3. The van der Waals surface area contributed by atoms with Crippen molar-refractivity contribution < 1.29 is 19.0 Å². The minimum Gasteiger partial charge on any atom is -0.493 e. The third-order valence-electron chi connectivity index (χ3n) is 5.02. The van der Waals surface area contributed by atoms with E-state index in [1.807, 2.05) is 47.8 Å². The second-order valence-electron chi connectivity index (χ2n) is 6.72. The standard InChI is InChI=1S/C23H22N2O4S/c1-27-19-12-16(13-20(28-2)22(19)29-3)23(26)25-18(15-8-5-4-6-9-15)14-17(24-25)21-10-7-11-30-21/h4-13,18H,14H2,1-3H3. The lowest BCUT2D eigenvalue weighted by atomic mass is 10.0. The summed E-state index contributed by atoms with van der Waals surface area (Å²) >= 11 is 1.62. The van der Waals surface area contributed by atoms with Crippen LogP contribution in [0.5, 0.6) is 17.2 Å². The summed E-state index contributed by atoms with van der Waals surface area (Å²) in [6.07, 6.45) is 0.653. The summed E-state index contributed by atoms with van der Waals surface area (Å²) in [6.45, 7) is 0. The fourth-order valence-corrected chi connectivity index (χ4v) is 4.28. The molecule has 3 aromatic rings. The second-order valence-corrected chi connectivity index (χ2v) is 7.67. The zero-order chi connectivity index (χ0) is 21.1. The molecule has 154 valence electrons. The van der Waals surface area contributed by atoms with Gasteiger partial charge in [-0.15, -0.1) is 11.3 Å². The first-order chi connectivity index (χ1) is 14.7. The van der Waals surface area contributed by atoms with E-state index >= 15 is 0 Å². The summed E-state index contributed by atoms with van der Waals surface area (Å²) in [5.41, 5.74) is 2.36. The van der Waals surface area contributed by atoms with Gasteiger partial charge in [-0.2, -0.15) is 5.10 Å². The van der Waals surface area contributed by atoms with Gasteiger partial charge in [0.05, 0.1) is 38.0 Å². The SMILES string of the molecule is COc1cc(C(=O)N2N=C(c3cccs3)CC2c2ccccc2)cc(OC)c1OC. The molecule has 1 aliphatic rings. The molecule has 0 saturated carbocycles. The summed E-state index contributed by atoms with van der Waals surface area (Å²) < 4.78 is 16.2. The third-order valence-corrected chi connectivity index (χ3v) is 5.94. The van der Waals surface area contributed by atoms with Crippen molar-refractivity contribution >= 4 is 23.0 Å². The topological polar surface area (TPSA) is 60.4 Å². The Labute approximate surface area is 179 Å². The summed E-state index contributed by atoms with van der Waals surface area (Å²) in [5, 5.41) is 8.29. The monoisotopic (exact) mass is 422 g/mol. The van der Waals surface area contributed by atoms with Crippen LogP contribution in [0.1, 0.15) is 33.3 Å². The molecule has 0 saturated heterocycles. The molecule has 30 heavy (non-hydrogen) atoms. The van der Waals surface area contributed by atoms with Crippen LogP contribution in [0, 0.1) is 0 Å². The van der Waals surface area contributed by atoms with Crippen LogP contribution < -0.4 is 14.2 Å². The Bertz CT molecular complexity index is 1040. The van der Waals surface area contributed by atoms with Crippen molar-refractivity contribution in [2.45, 2.75) is 12.5 Å². The van der Waals surface area contributed by atoms with Crippen molar-refractivity contribution in [2.75, 3.05) is 21.3 Å². The lowest BCUT2D eigenvalue weighted by molar-refractivity contribution is 0.0710. The molecule has 1 amide bonds. The number of hydrogen-bond donors (Lipinski definition) is 0. The zero-order valence-corrected chi connectivity index (χ0v) is 17.8. The average molecular weight is 423 g/mol. The molecule has 0 N–H and O–H groups in total. The Morgan fingerprint density at radius 2 is 1.70 bits per heavy atom. The molecular formula is C23H22N2O4S. The molecule has 0 bridgehead atoms. The number of rotatable bonds is 6. The van der Waals surface area contributed by atoms with E-state index in [0.717, 1.165) is 16.2 Å². The molecule has 7 heteroatoms. The lowest BCUT2D eigenvalue weighted by Crippen LogP contribution is -2.27. The van der Waals surface area contributed by atoms with Gasteiger partial charge in [0, 0.05) is 12.0 Å². The minimum absolute atomic E-state index is 0.185. The van der Waals surface area contributed by atoms with Crippen LogP contribution in [0.4, 0.5) is 0 Å². The summed E-state index contributed by atoms with van der Waals surface area (Å²) in [4.78, 5) is 14.6. The van der Waals surface area contributed by atoms with Crippen molar-refractivity contribution in [3.05, 3.63) is 76.0 Å². The van der Waals surface area contributed by atoms with Crippen molar-refractivity contribution in [1.82, 2.24) is 5.01 Å². The number of nitrogens with zero attached hydrogens (tertiary/aromatic N) is 2. The van der Waals surface area contributed by atoms with Crippen LogP contribution in [0.15, 0.2) is 65.1 Å². The van der Waals surface area contributed by atoms with E-state index in [-0.39, 0.29) is 11.9 Å². The molecular weight excluding hydrogens is 400 g/mol. The van der Waals surface area contributed by atoms with Crippen LogP contribution in [0.2, 0.25) is 0 Å².